The van der Waals surface area contributed by atoms with Crippen molar-refractivity contribution in [1.82, 2.24) is 4.57 Å². The lowest BCUT2D eigenvalue weighted by Gasteiger charge is -2.26. The first kappa shape index (κ1) is 24.2. The van der Waals surface area contributed by atoms with Gasteiger partial charge in [-0.25, -0.2) is 9.79 Å². The molecule has 0 aliphatic carbocycles. The fraction of sp³-hybridized carbons (Fsp3) is 0.269. The van der Waals surface area contributed by atoms with Gasteiger partial charge in [-0.05, 0) is 51.5 Å². The molecule has 4 rings (SSSR count). The monoisotopic (exact) mass is 540 g/mol. The highest BCUT2D eigenvalue weighted by Gasteiger charge is 2.35. The maximum Gasteiger partial charge on any atom is 0.338 e. The zero-order valence-electron chi connectivity index (χ0n) is 19.4. The van der Waals surface area contributed by atoms with E-state index in [9.17, 15) is 9.59 Å². The molecule has 0 spiro atoms. The molecule has 2 aromatic carbocycles. The number of benzene rings is 2. The molecule has 0 radical (unpaired) electrons. The van der Waals surface area contributed by atoms with Gasteiger partial charge in [-0.3, -0.25) is 9.36 Å². The number of fused-ring (bicyclic) bond motifs is 1. The number of esters is 1. The SMILES string of the molecule is CCOC(=O)C1=C(C)N=c2s/c(=C/c3ccccc3Br)c(=O)n2[C@@H]1c1ccccc1OC(C)C. The van der Waals surface area contributed by atoms with Crippen molar-refractivity contribution in [2.45, 2.75) is 39.8 Å². The van der Waals surface area contributed by atoms with Gasteiger partial charge in [0.1, 0.15) is 11.8 Å². The molecule has 8 heteroatoms. The van der Waals surface area contributed by atoms with Gasteiger partial charge in [0, 0.05) is 10.0 Å². The number of aromatic nitrogens is 1. The van der Waals surface area contributed by atoms with Crippen molar-refractivity contribution in [3.8, 4) is 5.75 Å². The molecule has 2 heterocycles. The summed E-state index contributed by atoms with van der Waals surface area (Å²) in [6, 6.07) is 14.5. The molecular formula is C26H25BrN2O4S. The predicted molar refractivity (Wildman–Crippen MR) is 137 cm³/mol. The number of carbonyl (C=O) groups is 1. The lowest BCUT2D eigenvalue weighted by molar-refractivity contribution is -0.139. The van der Waals surface area contributed by atoms with Crippen LogP contribution in [0.3, 0.4) is 0 Å². The molecule has 1 aliphatic rings. The largest absolute Gasteiger partial charge is 0.491 e. The van der Waals surface area contributed by atoms with Crippen LogP contribution in [0.4, 0.5) is 0 Å². The molecule has 1 aromatic heterocycles. The van der Waals surface area contributed by atoms with E-state index in [-0.39, 0.29) is 18.3 Å². The molecule has 0 amide bonds. The van der Waals surface area contributed by atoms with Crippen molar-refractivity contribution in [2.24, 2.45) is 4.99 Å². The van der Waals surface area contributed by atoms with Crippen LogP contribution in [0.2, 0.25) is 0 Å². The minimum absolute atomic E-state index is 0.0801. The van der Waals surface area contributed by atoms with Crippen LogP contribution in [-0.4, -0.2) is 23.2 Å². The van der Waals surface area contributed by atoms with Crippen LogP contribution in [0, 0.1) is 0 Å². The van der Waals surface area contributed by atoms with Gasteiger partial charge in [0.15, 0.2) is 4.80 Å². The molecule has 1 atom stereocenters. The predicted octanol–water partition coefficient (Wildman–Crippen LogP) is 4.35. The van der Waals surface area contributed by atoms with Gasteiger partial charge in [-0.15, -0.1) is 0 Å². The fourth-order valence-electron chi connectivity index (χ4n) is 3.89. The van der Waals surface area contributed by atoms with Crippen LogP contribution in [0.1, 0.15) is 44.9 Å². The van der Waals surface area contributed by atoms with E-state index in [1.807, 2.05) is 68.5 Å². The van der Waals surface area contributed by atoms with E-state index in [0.717, 1.165) is 10.0 Å². The number of allylic oxidation sites excluding steroid dienone is 1. The van der Waals surface area contributed by atoms with E-state index < -0.39 is 12.0 Å². The third-order valence-corrected chi connectivity index (χ3v) is 6.99. The van der Waals surface area contributed by atoms with Gasteiger partial charge in [0.2, 0.25) is 0 Å². The number of para-hydroxylation sites is 1. The third kappa shape index (κ3) is 4.65. The third-order valence-electron chi connectivity index (χ3n) is 5.29. The molecule has 0 saturated heterocycles. The van der Waals surface area contributed by atoms with Crippen LogP contribution in [0.5, 0.6) is 5.75 Å². The van der Waals surface area contributed by atoms with Crippen LogP contribution >= 0.6 is 27.3 Å². The summed E-state index contributed by atoms with van der Waals surface area (Å²) >= 11 is 4.84. The van der Waals surface area contributed by atoms with Crippen molar-refractivity contribution in [3.63, 3.8) is 0 Å². The summed E-state index contributed by atoms with van der Waals surface area (Å²) < 4.78 is 14.4. The molecule has 176 valence electrons. The number of halogens is 1. The van der Waals surface area contributed by atoms with Crippen molar-refractivity contribution in [1.29, 1.82) is 0 Å². The van der Waals surface area contributed by atoms with Crippen LogP contribution in [-0.2, 0) is 9.53 Å². The standard InChI is InChI=1S/C26H25BrN2O4S/c1-5-32-25(31)22-16(4)28-26-29(23(22)18-11-7-9-13-20(18)33-15(2)3)24(30)21(34-26)14-17-10-6-8-12-19(17)27/h6-15,23H,5H2,1-4H3/b21-14+/t23-/m1/s1. The van der Waals surface area contributed by atoms with E-state index >= 15 is 0 Å². The highest BCUT2D eigenvalue weighted by molar-refractivity contribution is 9.10. The quantitative estimate of drug-likeness (QED) is 0.436. The number of hydrogen-bond donors (Lipinski definition) is 0. The van der Waals surface area contributed by atoms with E-state index in [0.29, 0.717) is 31.9 Å². The summed E-state index contributed by atoms with van der Waals surface area (Å²) in [5.41, 5.74) is 2.23. The average Bonchev–Trinajstić information content (AvgIpc) is 3.09. The Kier molecular flexibility index (Phi) is 7.19. The van der Waals surface area contributed by atoms with Crippen molar-refractivity contribution in [3.05, 3.63) is 95.1 Å². The Morgan fingerprint density at radius 1 is 1.21 bits per heavy atom. The van der Waals surface area contributed by atoms with E-state index in [4.69, 9.17) is 9.47 Å². The fourth-order valence-corrected chi connectivity index (χ4v) is 5.32. The number of ether oxygens (including phenoxy) is 2. The Labute approximate surface area is 210 Å². The lowest BCUT2D eigenvalue weighted by atomic mass is 9.95. The second-order valence-electron chi connectivity index (χ2n) is 8.03. The average molecular weight is 541 g/mol. The maximum absolute atomic E-state index is 13.7. The van der Waals surface area contributed by atoms with Gasteiger partial charge in [0.05, 0.1) is 28.5 Å². The molecule has 0 bridgehead atoms. The Hall–Kier alpha value is -2.97. The summed E-state index contributed by atoms with van der Waals surface area (Å²) in [6.45, 7) is 7.63. The lowest BCUT2D eigenvalue weighted by Crippen LogP contribution is -2.40. The molecule has 1 aliphatic heterocycles. The molecular weight excluding hydrogens is 516 g/mol. The second kappa shape index (κ2) is 10.1. The second-order valence-corrected chi connectivity index (χ2v) is 9.89. The Balaban J connectivity index is 2.00. The first-order valence-corrected chi connectivity index (χ1v) is 12.6. The van der Waals surface area contributed by atoms with Gasteiger partial charge in [-0.2, -0.15) is 0 Å². The maximum atomic E-state index is 13.7. The molecule has 0 saturated carbocycles. The molecule has 0 N–H and O–H groups in total. The molecule has 0 unspecified atom stereocenters. The minimum Gasteiger partial charge on any atom is -0.491 e. The zero-order valence-corrected chi connectivity index (χ0v) is 21.8. The topological polar surface area (TPSA) is 69.9 Å². The summed E-state index contributed by atoms with van der Waals surface area (Å²) in [7, 11) is 0. The summed E-state index contributed by atoms with van der Waals surface area (Å²) in [5.74, 6) is 0.118. The van der Waals surface area contributed by atoms with Crippen LogP contribution in [0.15, 0.2) is 74.1 Å². The zero-order chi connectivity index (χ0) is 24.4. The molecule has 6 nitrogen and oxygen atoms in total. The van der Waals surface area contributed by atoms with Crippen LogP contribution < -0.4 is 19.6 Å². The highest BCUT2D eigenvalue weighted by Crippen LogP contribution is 2.36. The summed E-state index contributed by atoms with van der Waals surface area (Å²) in [5, 5.41) is 0. The van der Waals surface area contributed by atoms with Crippen molar-refractivity contribution in [2.75, 3.05) is 6.61 Å². The molecule has 0 fully saturated rings. The minimum atomic E-state index is -0.716. The van der Waals surface area contributed by atoms with E-state index in [1.165, 1.54) is 11.3 Å². The van der Waals surface area contributed by atoms with E-state index in [2.05, 4.69) is 20.9 Å². The number of nitrogens with zero attached hydrogens (tertiary/aromatic N) is 2. The first-order valence-electron chi connectivity index (χ1n) is 11.0. The van der Waals surface area contributed by atoms with Gasteiger partial charge >= 0.3 is 5.97 Å². The number of carbonyl (C=O) groups excluding carboxylic acids is 1. The summed E-state index contributed by atoms with van der Waals surface area (Å²) in [4.78, 5) is 32.0. The Bertz CT molecular complexity index is 1450. The first-order chi connectivity index (χ1) is 16.3. The van der Waals surface area contributed by atoms with Crippen molar-refractivity contribution >= 4 is 39.3 Å². The van der Waals surface area contributed by atoms with Gasteiger partial charge in [-0.1, -0.05) is 63.7 Å². The summed E-state index contributed by atoms with van der Waals surface area (Å²) in [6.07, 6.45) is 1.76. The van der Waals surface area contributed by atoms with Crippen molar-refractivity contribution < 1.29 is 14.3 Å². The molecule has 3 aromatic rings. The normalized spacial score (nSPS) is 15.8. The smallest absolute Gasteiger partial charge is 0.338 e. The van der Waals surface area contributed by atoms with Gasteiger partial charge < -0.3 is 9.47 Å². The van der Waals surface area contributed by atoms with Gasteiger partial charge in [0.25, 0.3) is 5.56 Å². The van der Waals surface area contributed by atoms with Crippen LogP contribution in [0.25, 0.3) is 6.08 Å². The highest BCUT2D eigenvalue weighted by atomic mass is 79.9. The number of thiazole rings is 1. The van der Waals surface area contributed by atoms with E-state index in [1.54, 1.807) is 18.4 Å². The Morgan fingerprint density at radius 2 is 1.91 bits per heavy atom. The Morgan fingerprint density at radius 3 is 2.62 bits per heavy atom. The number of rotatable bonds is 6. The molecule has 34 heavy (non-hydrogen) atoms. The number of hydrogen-bond acceptors (Lipinski definition) is 6.